The second-order valence-corrected chi connectivity index (χ2v) is 8.11. The van der Waals surface area contributed by atoms with Crippen LogP contribution in [-0.4, -0.2) is 41.3 Å². The Morgan fingerprint density at radius 1 is 0.960 bits per heavy atom. The second-order valence-electron chi connectivity index (χ2n) is 6.49. The van der Waals surface area contributed by atoms with Crippen molar-refractivity contribution in [3.05, 3.63) is 22.8 Å². The molecule has 0 bridgehead atoms. The second kappa shape index (κ2) is 6.29. The van der Waals surface area contributed by atoms with Gasteiger partial charge in [0.15, 0.2) is 0 Å². The minimum absolute atomic E-state index is 0.206. The van der Waals surface area contributed by atoms with Crippen LogP contribution in [0.2, 0.25) is 0 Å². The van der Waals surface area contributed by atoms with Crippen molar-refractivity contribution in [1.29, 1.82) is 0 Å². The number of hydrogen-bond acceptors (Lipinski definition) is 6. The summed E-state index contributed by atoms with van der Waals surface area (Å²) in [6.45, 7) is 8.91. The molecule has 0 atom stereocenters. The van der Waals surface area contributed by atoms with Crippen molar-refractivity contribution < 1.29 is 8.42 Å². The van der Waals surface area contributed by atoms with E-state index in [0.29, 0.717) is 34.4 Å². The molecule has 1 saturated heterocycles. The smallest absolute Gasteiger partial charge is 0.265 e. The lowest BCUT2D eigenvalue weighted by atomic mass is 10.3. The maximum absolute atomic E-state index is 12.9. The van der Waals surface area contributed by atoms with Gasteiger partial charge in [0.05, 0.1) is 28.5 Å². The van der Waals surface area contributed by atoms with Crippen molar-refractivity contribution in [2.75, 3.05) is 22.7 Å². The van der Waals surface area contributed by atoms with Crippen LogP contribution < -0.4 is 9.62 Å². The third kappa shape index (κ3) is 3.20. The number of hydrogen-bond donors (Lipinski definition) is 1. The number of aromatic nitrogens is 4. The molecule has 0 radical (unpaired) electrons. The number of sulfonamides is 1. The molecular weight excluding hydrogens is 340 g/mol. The third-order valence-corrected chi connectivity index (χ3v) is 6.20. The van der Waals surface area contributed by atoms with Crippen LogP contribution in [0, 0.1) is 27.7 Å². The molecule has 3 heterocycles. The quantitative estimate of drug-likeness (QED) is 0.890. The molecule has 1 N–H and O–H groups in total. The molecule has 0 amide bonds. The van der Waals surface area contributed by atoms with Gasteiger partial charge in [-0.25, -0.2) is 18.4 Å². The standard InChI is InChI=1S/C16H24N6O2S/c1-10-14(11(2)18-16(17-10)22-8-6-7-9-22)20-25(23,24)15-12(3)19-21(5)13(15)4/h20H,6-9H2,1-5H3. The van der Waals surface area contributed by atoms with E-state index >= 15 is 0 Å². The maximum Gasteiger partial charge on any atom is 0.265 e. The first-order valence-electron chi connectivity index (χ1n) is 8.34. The summed E-state index contributed by atoms with van der Waals surface area (Å²) in [7, 11) is -2.03. The number of aryl methyl sites for hydroxylation is 4. The zero-order valence-corrected chi connectivity index (χ0v) is 16.1. The lowest BCUT2D eigenvalue weighted by molar-refractivity contribution is 0.599. The fourth-order valence-corrected chi connectivity index (χ4v) is 4.85. The minimum atomic E-state index is -3.76. The van der Waals surface area contributed by atoms with E-state index in [9.17, 15) is 8.42 Å². The Hall–Kier alpha value is -2.16. The Labute approximate surface area is 148 Å². The Morgan fingerprint density at radius 2 is 1.52 bits per heavy atom. The summed E-state index contributed by atoms with van der Waals surface area (Å²) in [5.41, 5.74) is 2.74. The summed E-state index contributed by atoms with van der Waals surface area (Å²) >= 11 is 0. The molecule has 136 valence electrons. The molecule has 0 spiro atoms. The normalized spacial score (nSPS) is 15.0. The van der Waals surface area contributed by atoms with E-state index in [1.165, 1.54) is 0 Å². The highest BCUT2D eigenvalue weighted by atomic mass is 32.2. The maximum atomic E-state index is 12.9. The molecule has 8 nitrogen and oxygen atoms in total. The molecule has 2 aromatic heterocycles. The van der Waals surface area contributed by atoms with Gasteiger partial charge in [0, 0.05) is 20.1 Å². The monoisotopic (exact) mass is 364 g/mol. The van der Waals surface area contributed by atoms with Crippen molar-refractivity contribution >= 4 is 21.7 Å². The average molecular weight is 364 g/mol. The van der Waals surface area contributed by atoms with Gasteiger partial charge in [-0.2, -0.15) is 5.10 Å². The van der Waals surface area contributed by atoms with Crippen LogP contribution in [0.5, 0.6) is 0 Å². The topological polar surface area (TPSA) is 93.0 Å². The van der Waals surface area contributed by atoms with Crippen LogP contribution in [0.1, 0.15) is 35.6 Å². The van der Waals surface area contributed by atoms with E-state index in [1.807, 2.05) is 0 Å². The number of nitrogens with one attached hydrogen (secondary N) is 1. The van der Waals surface area contributed by atoms with Gasteiger partial charge in [-0.1, -0.05) is 0 Å². The van der Waals surface area contributed by atoms with Crippen molar-refractivity contribution in [3.63, 3.8) is 0 Å². The van der Waals surface area contributed by atoms with E-state index in [2.05, 4.69) is 24.7 Å². The van der Waals surface area contributed by atoms with Gasteiger partial charge < -0.3 is 4.90 Å². The van der Waals surface area contributed by atoms with Gasteiger partial charge in [0.2, 0.25) is 5.95 Å². The first kappa shape index (κ1) is 17.7. The molecule has 0 aromatic carbocycles. The molecular formula is C16H24N6O2S. The van der Waals surface area contributed by atoms with Gasteiger partial charge in [-0.15, -0.1) is 0 Å². The van der Waals surface area contributed by atoms with Crippen LogP contribution >= 0.6 is 0 Å². The molecule has 1 fully saturated rings. The van der Waals surface area contributed by atoms with Crippen LogP contribution in [0.15, 0.2) is 4.90 Å². The van der Waals surface area contributed by atoms with E-state index in [-0.39, 0.29) is 4.90 Å². The Balaban J connectivity index is 1.97. The predicted molar refractivity (Wildman–Crippen MR) is 96.4 cm³/mol. The van der Waals surface area contributed by atoms with E-state index in [4.69, 9.17) is 0 Å². The van der Waals surface area contributed by atoms with Crippen molar-refractivity contribution in [3.8, 4) is 0 Å². The van der Waals surface area contributed by atoms with E-state index in [0.717, 1.165) is 25.9 Å². The summed E-state index contributed by atoms with van der Waals surface area (Å²) in [5.74, 6) is 0.671. The van der Waals surface area contributed by atoms with Crippen LogP contribution in [0.3, 0.4) is 0 Å². The van der Waals surface area contributed by atoms with Crippen LogP contribution in [-0.2, 0) is 17.1 Å². The third-order valence-electron chi connectivity index (χ3n) is 4.60. The van der Waals surface area contributed by atoms with Crippen LogP contribution in [0.4, 0.5) is 11.6 Å². The predicted octanol–water partition coefficient (Wildman–Crippen LogP) is 1.84. The highest BCUT2D eigenvalue weighted by Crippen LogP contribution is 2.27. The summed E-state index contributed by atoms with van der Waals surface area (Å²) in [4.78, 5) is 11.4. The minimum Gasteiger partial charge on any atom is -0.341 e. The molecule has 2 aromatic rings. The molecule has 0 unspecified atom stereocenters. The Morgan fingerprint density at radius 3 is 2.00 bits per heavy atom. The fourth-order valence-electron chi connectivity index (χ4n) is 3.23. The molecule has 1 aliphatic heterocycles. The molecule has 0 saturated carbocycles. The summed E-state index contributed by atoms with van der Waals surface area (Å²) in [5, 5.41) is 4.19. The molecule has 3 rings (SSSR count). The summed E-state index contributed by atoms with van der Waals surface area (Å²) in [6, 6.07) is 0. The summed E-state index contributed by atoms with van der Waals surface area (Å²) in [6.07, 6.45) is 2.27. The lowest BCUT2D eigenvalue weighted by Crippen LogP contribution is -2.23. The highest BCUT2D eigenvalue weighted by Gasteiger charge is 2.26. The largest absolute Gasteiger partial charge is 0.341 e. The van der Waals surface area contributed by atoms with Crippen molar-refractivity contribution in [1.82, 2.24) is 19.7 Å². The average Bonchev–Trinajstić information content (AvgIpc) is 3.12. The molecule has 25 heavy (non-hydrogen) atoms. The SMILES string of the molecule is Cc1nc(N2CCCC2)nc(C)c1NS(=O)(=O)c1c(C)nn(C)c1C. The van der Waals surface area contributed by atoms with Gasteiger partial charge in [0.1, 0.15) is 4.90 Å². The van der Waals surface area contributed by atoms with Crippen LogP contribution in [0.25, 0.3) is 0 Å². The van der Waals surface area contributed by atoms with Gasteiger partial charge in [-0.05, 0) is 40.5 Å². The van der Waals surface area contributed by atoms with E-state index in [1.54, 1.807) is 39.4 Å². The zero-order chi connectivity index (χ0) is 18.4. The molecule has 1 aliphatic rings. The highest BCUT2D eigenvalue weighted by molar-refractivity contribution is 7.92. The molecule has 9 heteroatoms. The van der Waals surface area contributed by atoms with Crippen molar-refractivity contribution in [2.45, 2.75) is 45.4 Å². The lowest BCUT2D eigenvalue weighted by Gasteiger charge is -2.19. The number of rotatable bonds is 4. The number of anilines is 2. The molecule has 0 aliphatic carbocycles. The first-order chi connectivity index (χ1) is 11.7. The number of nitrogens with zero attached hydrogens (tertiary/aromatic N) is 5. The zero-order valence-electron chi connectivity index (χ0n) is 15.3. The van der Waals surface area contributed by atoms with E-state index < -0.39 is 10.0 Å². The van der Waals surface area contributed by atoms with Crippen molar-refractivity contribution in [2.24, 2.45) is 7.05 Å². The van der Waals surface area contributed by atoms with Gasteiger partial charge >= 0.3 is 0 Å². The summed E-state index contributed by atoms with van der Waals surface area (Å²) < 4.78 is 30.0. The first-order valence-corrected chi connectivity index (χ1v) is 9.82. The van der Waals surface area contributed by atoms with Gasteiger partial charge in [0.25, 0.3) is 10.0 Å². The fraction of sp³-hybridized carbons (Fsp3) is 0.562. The van der Waals surface area contributed by atoms with Gasteiger partial charge in [-0.3, -0.25) is 9.40 Å². The Bertz CT molecular complexity index is 890. The Kier molecular flexibility index (Phi) is 4.44.